The van der Waals surface area contributed by atoms with Gasteiger partial charge in [0, 0.05) is 45.3 Å². The zero-order valence-corrected chi connectivity index (χ0v) is 20.0. The first-order valence-corrected chi connectivity index (χ1v) is 12.5. The van der Waals surface area contributed by atoms with Gasteiger partial charge in [0.1, 0.15) is 24.2 Å². The van der Waals surface area contributed by atoms with Gasteiger partial charge < -0.3 is 19.5 Å². The summed E-state index contributed by atoms with van der Waals surface area (Å²) in [6.45, 7) is 8.66. The number of fused-ring (bicyclic) bond motifs is 2. The molecule has 0 bridgehead atoms. The van der Waals surface area contributed by atoms with Crippen LogP contribution in [0.5, 0.6) is 11.5 Å². The first kappa shape index (κ1) is 23.1. The molecule has 0 aliphatic carbocycles. The minimum atomic E-state index is -0.609. The molecule has 0 spiro atoms. The highest BCUT2D eigenvalue weighted by molar-refractivity contribution is 5.97. The van der Waals surface area contributed by atoms with Gasteiger partial charge in [-0.3, -0.25) is 14.6 Å². The maximum absolute atomic E-state index is 13.2. The van der Waals surface area contributed by atoms with E-state index in [4.69, 9.17) is 9.47 Å². The van der Waals surface area contributed by atoms with Gasteiger partial charge >= 0.3 is 0 Å². The third-order valence-corrected chi connectivity index (χ3v) is 7.18. The van der Waals surface area contributed by atoms with E-state index in [2.05, 4.69) is 41.0 Å². The Morgan fingerprint density at radius 2 is 1.94 bits per heavy atom. The second-order valence-electron chi connectivity index (χ2n) is 9.59. The molecule has 3 aliphatic rings. The van der Waals surface area contributed by atoms with Gasteiger partial charge in [0.05, 0.1) is 18.2 Å². The lowest BCUT2D eigenvalue weighted by Gasteiger charge is -2.32. The topological polar surface area (TPSA) is 65.5 Å². The Bertz CT molecular complexity index is 1010. The van der Waals surface area contributed by atoms with Crippen molar-refractivity contribution >= 4 is 5.91 Å². The van der Waals surface area contributed by atoms with E-state index in [0.29, 0.717) is 37.6 Å². The third-order valence-electron chi connectivity index (χ3n) is 7.18. The second-order valence-corrected chi connectivity index (χ2v) is 9.59. The lowest BCUT2D eigenvalue weighted by Crippen LogP contribution is -2.44. The normalized spacial score (nSPS) is 22.0. The number of carbonyl (C=O) groups excluding carboxylic acids is 1. The Morgan fingerprint density at radius 1 is 1.09 bits per heavy atom. The lowest BCUT2D eigenvalue weighted by atomic mass is 10.00. The quantitative estimate of drug-likeness (QED) is 0.678. The molecule has 3 aliphatic heterocycles. The lowest BCUT2D eigenvalue weighted by molar-refractivity contribution is 0.0501. The summed E-state index contributed by atoms with van der Waals surface area (Å²) in [5, 5.41) is 10.8. The van der Waals surface area contributed by atoms with Crippen LogP contribution in [0.3, 0.4) is 0 Å². The first-order chi connectivity index (χ1) is 16.6. The minimum Gasteiger partial charge on any atom is -0.491 e. The Morgan fingerprint density at radius 3 is 2.76 bits per heavy atom. The summed E-state index contributed by atoms with van der Waals surface area (Å²) in [4.78, 5) is 19.6. The molecule has 182 valence electrons. The van der Waals surface area contributed by atoms with Crippen LogP contribution in [0.25, 0.3) is 0 Å². The minimum absolute atomic E-state index is 0.0971. The molecule has 0 saturated carbocycles. The van der Waals surface area contributed by atoms with Gasteiger partial charge in [0.15, 0.2) is 0 Å². The second kappa shape index (κ2) is 10.3. The fourth-order valence-electron chi connectivity index (χ4n) is 5.28. The molecule has 1 saturated heterocycles. The largest absolute Gasteiger partial charge is 0.491 e. The number of aliphatic hydroxyl groups excluding tert-OH is 1. The number of nitrogens with zero attached hydrogens (tertiary/aromatic N) is 3. The van der Waals surface area contributed by atoms with Gasteiger partial charge in [-0.05, 0) is 42.6 Å². The summed E-state index contributed by atoms with van der Waals surface area (Å²) >= 11 is 0. The van der Waals surface area contributed by atoms with Gasteiger partial charge in [-0.25, -0.2) is 0 Å². The van der Waals surface area contributed by atoms with Crippen molar-refractivity contribution < 1.29 is 19.4 Å². The summed E-state index contributed by atoms with van der Waals surface area (Å²) in [6.07, 6.45) is 1.57. The van der Waals surface area contributed by atoms with Gasteiger partial charge in [-0.2, -0.15) is 0 Å². The fourth-order valence-corrected chi connectivity index (χ4v) is 5.28. The van der Waals surface area contributed by atoms with E-state index in [1.54, 1.807) is 11.0 Å². The highest BCUT2D eigenvalue weighted by atomic mass is 16.5. The molecule has 34 heavy (non-hydrogen) atoms. The summed E-state index contributed by atoms with van der Waals surface area (Å²) in [7, 11) is 0. The number of hydrogen-bond acceptors (Lipinski definition) is 6. The molecule has 0 aromatic heterocycles. The highest BCUT2D eigenvalue weighted by Gasteiger charge is 2.28. The zero-order chi connectivity index (χ0) is 23.5. The molecule has 3 heterocycles. The predicted molar refractivity (Wildman–Crippen MR) is 130 cm³/mol. The van der Waals surface area contributed by atoms with E-state index < -0.39 is 6.10 Å². The third kappa shape index (κ3) is 5.22. The van der Waals surface area contributed by atoms with Crippen molar-refractivity contribution in [2.45, 2.75) is 38.5 Å². The van der Waals surface area contributed by atoms with Crippen LogP contribution in [0.15, 0.2) is 42.5 Å². The molecule has 1 unspecified atom stereocenters. The number of likely N-dealkylation sites (tertiary alicyclic amines) is 1. The van der Waals surface area contributed by atoms with Crippen molar-refractivity contribution in [2.24, 2.45) is 0 Å². The highest BCUT2D eigenvalue weighted by Crippen LogP contribution is 2.30. The van der Waals surface area contributed by atoms with Crippen molar-refractivity contribution in [1.29, 1.82) is 0 Å². The van der Waals surface area contributed by atoms with Gasteiger partial charge in [-0.15, -0.1) is 0 Å². The van der Waals surface area contributed by atoms with Crippen molar-refractivity contribution in [1.82, 2.24) is 14.7 Å². The molecule has 5 rings (SSSR count). The molecular weight excluding hydrogens is 430 g/mol. The standard InChI is InChI=1S/C27H35N3O4/c1-2-28-12-10-24(19-28)34-23-7-8-25-26(15-23)33-14-13-30(27(25)32)18-22(31)17-29-11-9-20-5-3-4-6-21(20)16-29/h3-8,15,22,24,31H,2,9-14,16-19H2,1H3/t22?,24-/m1/s1. The van der Waals surface area contributed by atoms with Crippen LogP contribution >= 0.6 is 0 Å². The molecule has 7 heteroatoms. The maximum Gasteiger partial charge on any atom is 0.257 e. The monoisotopic (exact) mass is 465 g/mol. The average Bonchev–Trinajstić information content (AvgIpc) is 3.24. The number of hydrogen-bond donors (Lipinski definition) is 1. The zero-order valence-electron chi connectivity index (χ0n) is 20.0. The van der Waals surface area contributed by atoms with E-state index in [1.807, 2.05) is 12.1 Å². The smallest absolute Gasteiger partial charge is 0.257 e. The van der Waals surface area contributed by atoms with E-state index in [-0.39, 0.29) is 12.0 Å². The van der Waals surface area contributed by atoms with Crippen molar-refractivity contribution in [3.63, 3.8) is 0 Å². The SMILES string of the molecule is CCN1CC[C@@H](Oc2ccc3c(c2)OCCN(CC(O)CN2CCc4ccccc4C2)C3=O)C1. The van der Waals surface area contributed by atoms with Crippen molar-refractivity contribution in [2.75, 3.05) is 52.4 Å². The van der Waals surface area contributed by atoms with E-state index >= 15 is 0 Å². The van der Waals surface area contributed by atoms with E-state index in [0.717, 1.165) is 51.3 Å². The van der Waals surface area contributed by atoms with Crippen molar-refractivity contribution in [3.8, 4) is 11.5 Å². The number of aliphatic hydroxyl groups is 1. The van der Waals surface area contributed by atoms with Crippen molar-refractivity contribution in [3.05, 3.63) is 59.2 Å². The Labute approximate surface area is 201 Å². The number of benzene rings is 2. The number of carbonyl (C=O) groups is 1. The van der Waals surface area contributed by atoms with Crippen LogP contribution in [0.4, 0.5) is 0 Å². The number of likely N-dealkylation sites (N-methyl/N-ethyl adjacent to an activating group) is 1. The van der Waals surface area contributed by atoms with Crippen LogP contribution in [-0.2, 0) is 13.0 Å². The summed E-state index contributed by atoms with van der Waals surface area (Å²) in [6, 6.07) is 14.0. The molecule has 1 fully saturated rings. The van der Waals surface area contributed by atoms with E-state index in [9.17, 15) is 9.90 Å². The molecule has 0 radical (unpaired) electrons. The Kier molecular flexibility index (Phi) is 7.04. The number of rotatable bonds is 7. The molecule has 2 atom stereocenters. The first-order valence-electron chi connectivity index (χ1n) is 12.5. The van der Waals surface area contributed by atoms with Gasteiger partial charge in [-0.1, -0.05) is 31.2 Å². The van der Waals surface area contributed by atoms with E-state index in [1.165, 1.54) is 11.1 Å². The average molecular weight is 466 g/mol. The number of β-amino-alcohol motifs (C(OH)–C–C–N with tert-alkyl or cyclic N) is 1. The molecule has 1 amide bonds. The van der Waals surface area contributed by atoms with Crippen LogP contribution in [0, 0.1) is 0 Å². The fraction of sp³-hybridized carbons (Fsp3) is 0.519. The molecular formula is C27H35N3O4. The Hall–Kier alpha value is -2.61. The number of amides is 1. The van der Waals surface area contributed by atoms with Crippen LogP contribution in [-0.4, -0.2) is 90.3 Å². The van der Waals surface area contributed by atoms with Crippen LogP contribution in [0.1, 0.15) is 34.8 Å². The van der Waals surface area contributed by atoms with Crippen LogP contribution < -0.4 is 9.47 Å². The van der Waals surface area contributed by atoms with Crippen LogP contribution in [0.2, 0.25) is 0 Å². The molecule has 1 N–H and O–H groups in total. The Balaban J connectivity index is 1.18. The maximum atomic E-state index is 13.2. The molecule has 2 aromatic carbocycles. The number of ether oxygens (including phenoxy) is 2. The summed E-state index contributed by atoms with van der Waals surface area (Å²) in [5.74, 6) is 1.21. The molecule has 2 aromatic rings. The summed E-state index contributed by atoms with van der Waals surface area (Å²) in [5.41, 5.74) is 3.25. The molecule has 7 nitrogen and oxygen atoms in total. The van der Waals surface area contributed by atoms with Gasteiger partial charge in [0.25, 0.3) is 5.91 Å². The predicted octanol–water partition coefficient (Wildman–Crippen LogP) is 2.41. The van der Waals surface area contributed by atoms with Gasteiger partial charge in [0.2, 0.25) is 0 Å². The summed E-state index contributed by atoms with van der Waals surface area (Å²) < 4.78 is 12.1.